The maximum atomic E-state index is 13.1. The molecule has 1 atom stereocenters. The van der Waals surface area contributed by atoms with E-state index in [0.717, 1.165) is 30.4 Å². The van der Waals surface area contributed by atoms with Crippen LogP contribution in [0.3, 0.4) is 0 Å². The molecule has 5 heteroatoms. The van der Waals surface area contributed by atoms with E-state index in [1.165, 1.54) is 23.5 Å². The number of allylic oxidation sites excluding steroid dienone is 2. The van der Waals surface area contributed by atoms with Gasteiger partial charge in [0.05, 0.1) is 4.90 Å². The number of pyridine rings is 1. The zero-order valence-electron chi connectivity index (χ0n) is 13.8. The molecule has 1 unspecified atom stereocenters. The van der Waals surface area contributed by atoms with Crippen LogP contribution in [0.15, 0.2) is 47.5 Å². The molecular formula is C19H20FNO2S. The van der Waals surface area contributed by atoms with E-state index >= 15 is 0 Å². The summed E-state index contributed by atoms with van der Waals surface area (Å²) in [5.41, 5.74) is 4.35. The predicted octanol–water partition coefficient (Wildman–Crippen LogP) is 4.36. The first-order valence-electron chi connectivity index (χ1n) is 8.03. The van der Waals surface area contributed by atoms with E-state index in [-0.39, 0.29) is 0 Å². The molecular weight excluding hydrogens is 325 g/mol. The number of sulfone groups is 1. The van der Waals surface area contributed by atoms with Crippen molar-refractivity contribution in [1.82, 2.24) is 4.98 Å². The highest BCUT2D eigenvalue weighted by Gasteiger charge is 2.25. The minimum absolute atomic E-state index is 0.321. The van der Waals surface area contributed by atoms with Crippen molar-refractivity contribution >= 4 is 21.0 Å². The zero-order valence-corrected chi connectivity index (χ0v) is 14.6. The van der Waals surface area contributed by atoms with Gasteiger partial charge in [-0.05, 0) is 65.3 Å². The van der Waals surface area contributed by atoms with Crippen molar-refractivity contribution in [1.29, 1.82) is 0 Å². The average molecular weight is 345 g/mol. The molecule has 1 aromatic carbocycles. The topological polar surface area (TPSA) is 47.0 Å². The van der Waals surface area contributed by atoms with Crippen LogP contribution in [0, 0.1) is 11.9 Å². The molecule has 0 amide bonds. The van der Waals surface area contributed by atoms with Crippen LogP contribution in [-0.4, -0.2) is 19.7 Å². The van der Waals surface area contributed by atoms with Crippen LogP contribution in [0.5, 0.6) is 0 Å². The van der Waals surface area contributed by atoms with Gasteiger partial charge in [-0.2, -0.15) is 4.39 Å². The fourth-order valence-electron chi connectivity index (χ4n) is 3.23. The van der Waals surface area contributed by atoms with Gasteiger partial charge in [0.25, 0.3) is 0 Å². The first-order chi connectivity index (χ1) is 11.4. The zero-order chi connectivity index (χ0) is 17.3. The molecule has 1 aromatic heterocycles. The van der Waals surface area contributed by atoms with Crippen LogP contribution in [0.1, 0.15) is 37.3 Å². The van der Waals surface area contributed by atoms with Crippen LogP contribution in [-0.2, 0) is 9.84 Å². The van der Waals surface area contributed by atoms with Crippen molar-refractivity contribution in [2.75, 3.05) is 6.26 Å². The van der Waals surface area contributed by atoms with Crippen molar-refractivity contribution in [3.8, 4) is 0 Å². The third kappa shape index (κ3) is 3.41. The average Bonchev–Trinajstić information content (AvgIpc) is 2.99. The first-order valence-corrected chi connectivity index (χ1v) is 9.92. The second kappa shape index (κ2) is 6.48. The summed E-state index contributed by atoms with van der Waals surface area (Å²) in [4.78, 5) is 4.09. The maximum absolute atomic E-state index is 13.1. The van der Waals surface area contributed by atoms with Gasteiger partial charge in [0.1, 0.15) is 0 Å². The number of halogens is 1. The Morgan fingerprint density at radius 3 is 2.12 bits per heavy atom. The Hall–Kier alpha value is -2.01. The van der Waals surface area contributed by atoms with Crippen LogP contribution >= 0.6 is 0 Å². The molecule has 1 aliphatic rings. The number of rotatable bonds is 4. The number of benzene rings is 1. The highest BCUT2D eigenvalue weighted by Crippen LogP contribution is 2.44. The molecule has 0 spiro atoms. The lowest BCUT2D eigenvalue weighted by Crippen LogP contribution is -1.97. The molecule has 0 saturated carbocycles. The molecule has 3 nitrogen and oxygen atoms in total. The first kappa shape index (κ1) is 16.8. The van der Waals surface area contributed by atoms with Gasteiger partial charge >= 0.3 is 0 Å². The summed E-state index contributed by atoms with van der Waals surface area (Å²) >= 11 is 0. The van der Waals surface area contributed by atoms with Gasteiger partial charge in [0, 0.05) is 12.5 Å². The monoisotopic (exact) mass is 345 g/mol. The molecule has 1 aliphatic carbocycles. The molecule has 0 bridgehead atoms. The molecule has 0 N–H and O–H groups in total. The normalized spacial score (nSPS) is 18.2. The van der Waals surface area contributed by atoms with Crippen LogP contribution in [0.2, 0.25) is 0 Å². The standard InChI is InChI=1S/C19H20FNO2S/c1-3-13-10-17(14-4-7-16(8-5-14)24(2,22)23)18(11-13)15-6-9-19(20)21-12-15/h4-9,12-13H,3,10-11H2,1-2H3. The summed E-state index contributed by atoms with van der Waals surface area (Å²) in [6, 6.07) is 10.2. The SMILES string of the molecule is CCC1CC(c2ccc(S(C)(=O)=O)cc2)=C(c2ccc(F)nc2)C1. The summed E-state index contributed by atoms with van der Waals surface area (Å²) < 4.78 is 36.4. The lowest BCUT2D eigenvalue weighted by Gasteiger charge is -2.09. The van der Waals surface area contributed by atoms with E-state index in [1.54, 1.807) is 24.4 Å². The van der Waals surface area contributed by atoms with E-state index in [4.69, 9.17) is 0 Å². The van der Waals surface area contributed by atoms with Gasteiger partial charge in [-0.25, -0.2) is 13.4 Å². The van der Waals surface area contributed by atoms with Crippen LogP contribution in [0.25, 0.3) is 11.1 Å². The lowest BCUT2D eigenvalue weighted by atomic mass is 9.98. The smallest absolute Gasteiger partial charge is 0.212 e. The van der Waals surface area contributed by atoms with E-state index < -0.39 is 15.8 Å². The highest BCUT2D eigenvalue weighted by atomic mass is 32.2. The highest BCUT2D eigenvalue weighted by molar-refractivity contribution is 7.90. The second-order valence-electron chi connectivity index (χ2n) is 6.31. The number of hydrogen-bond acceptors (Lipinski definition) is 3. The Balaban J connectivity index is 2.04. The number of hydrogen-bond donors (Lipinski definition) is 0. The summed E-state index contributed by atoms with van der Waals surface area (Å²) in [6.45, 7) is 2.17. The van der Waals surface area contributed by atoms with Crippen LogP contribution in [0.4, 0.5) is 4.39 Å². The van der Waals surface area contributed by atoms with Crippen molar-refractivity contribution in [3.63, 3.8) is 0 Å². The summed E-state index contributed by atoms with van der Waals surface area (Å²) in [5, 5.41) is 0. The molecule has 2 aromatic rings. The third-order valence-corrected chi connectivity index (χ3v) is 5.76. The minimum atomic E-state index is -3.20. The quantitative estimate of drug-likeness (QED) is 0.774. The molecule has 0 aliphatic heterocycles. The van der Waals surface area contributed by atoms with E-state index in [9.17, 15) is 12.8 Å². The van der Waals surface area contributed by atoms with Crippen LogP contribution < -0.4 is 0 Å². The summed E-state index contributed by atoms with van der Waals surface area (Å²) in [6.07, 6.45) is 5.74. The molecule has 126 valence electrons. The summed E-state index contributed by atoms with van der Waals surface area (Å²) in [7, 11) is -3.20. The van der Waals surface area contributed by atoms with Gasteiger partial charge < -0.3 is 0 Å². The molecule has 3 rings (SSSR count). The molecule has 1 heterocycles. The fourth-order valence-corrected chi connectivity index (χ4v) is 3.86. The van der Waals surface area contributed by atoms with E-state index in [2.05, 4.69) is 11.9 Å². The van der Waals surface area contributed by atoms with Crippen molar-refractivity contribution < 1.29 is 12.8 Å². The molecule has 0 fully saturated rings. The Morgan fingerprint density at radius 2 is 1.62 bits per heavy atom. The Bertz CT molecular complexity index is 869. The van der Waals surface area contributed by atoms with Gasteiger partial charge in [0.2, 0.25) is 5.95 Å². The summed E-state index contributed by atoms with van der Waals surface area (Å²) in [5.74, 6) is 0.0677. The van der Waals surface area contributed by atoms with Crippen molar-refractivity contribution in [2.24, 2.45) is 5.92 Å². The largest absolute Gasteiger partial charge is 0.228 e. The molecule has 0 radical (unpaired) electrons. The Kier molecular flexibility index (Phi) is 4.54. The van der Waals surface area contributed by atoms with Gasteiger partial charge in [-0.3, -0.25) is 0 Å². The van der Waals surface area contributed by atoms with Gasteiger partial charge in [-0.15, -0.1) is 0 Å². The molecule has 24 heavy (non-hydrogen) atoms. The fraction of sp³-hybridized carbons (Fsp3) is 0.316. The second-order valence-corrected chi connectivity index (χ2v) is 8.32. The van der Waals surface area contributed by atoms with Gasteiger partial charge in [-0.1, -0.05) is 25.5 Å². The Morgan fingerprint density at radius 1 is 1.04 bits per heavy atom. The lowest BCUT2D eigenvalue weighted by molar-refractivity contribution is 0.558. The molecule has 0 saturated heterocycles. The Labute approximate surface area is 142 Å². The van der Waals surface area contributed by atoms with Crippen molar-refractivity contribution in [3.05, 3.63) is 59.7 Å². The maximum Gasteiger partial charge on any atom is 0.212 e. The minimum Gasteiger partial charge on any atom is -0.228 e. The van der Waals surface area contributed by atoms with E-state index in [0.29, 0.717) is 10.8 Å². The number of aromatic nitrogens is 1. The number of nitrogens with zero attached hydrogens (tertiary/aromatic N) is 1. The van der Waals surface area contributed by atoms with E-state index in [1.807, 2.05) is 12.1 Å². The van der Waals surface area contributed by atoms with Crippen molar-refractivity contribution in [2.45, 2.75) is 31.1 Å². The third-order valence-electron chi connectivity index (χ3n) is 4.63. The van der Waals surface area contributed by atoms with Gasteiger partial charge in [0.15, 0.2) is 9.84 Å². The predicted molar refractivity (Wildman–Crippen MR) is 93.6 cm³/mol.